The largest absolute Gasteiger partial charge is 0.496 e. The first kappa shape index (κ1) is 29.2. The third kappa shape index (κ3) is 7.37. The van der Waals surface area contributed by atoms with Gasteiger partial charge in [-0.05, 0) is 98.1 Å². The predicted molar refractivity (Wildman–Crippen MR) is 156 cm³/mol. The van der Waals surface area contributed by atoms with E-state index < -0.39 is 5.97 Å². The van der Waals surface area contributed by atoms with Crippen molar-refractivity contribution < 1.29 is 19.4 Å². The standard InChI is InChI=1S/C30H35Br2NO4/c1-17(2)16-33-29(21-10-8-7-9-19(21)5)23-15-26(36-6)22(18(3)4)14-27(23)37-30-24(31)11-20(12-25(30)32)13-28(34)35/h7-12,14-15,17-18,29,33H,13,16H2,1-6H3,(H,34,35). The molecule has 0 fully saturated rings. The minimum atomic E-state index is -0.885. The molecule has 0 radical (unpaired) electrons. The predicted octanol–water partition coefficient (Wildman–Crippen LogP) is 8.41. The zero-order chi connectivity index (χ0) is 27.3. The number of benzene rings is 3. The van der Waals surface area contributed by atoms with Crippen molar-refractivity contribution in [3.05, 3.63) is 85.3 Å². The Morgan fingerprint density at radius 1 is 0.946 bits per heavy atom. The first-order valence-corrected chi connectivity index (χ1v) is 14.0. The number of aliphatic carboxylic acids is 1. The van der Waals surface area contributed by atoms with E-state index in [4.69, 9.17) is 9.47 Å². The molecule has 0 aromatic heterocycles. The maximum Gasteiger partial charge on any atom is 0.307 e. The molecule has 5 nitrogen and oxygen atoms in total. The van der Waals surface area contributed by atoms with Crippen LogP contribution in [-0.2, 0) is 11.2 Å². The van der Waals surface area contributed by atoms with E-state index in [-0.39, 0.29) is 18.4 Å². The Balaban J connectivity index is 2.22. The number of methoxy groups -OCH3 is 1. The van der Waals surface area contributed by atoms with E-state index >= 15 is 0 Å². The SMILES string of the molecule is COc1cc(C(NCC(C)C)c2ccccc2C)c(Oc2c(Br)cc(CC(=O)O)cc2Br)cc1C(C)C. The van der Waals surface area contributed by atoms with E-state index in [1.54, 1.807) is 19.2 Å². The van der Waals surface area contributed by atoms with Crippen molar-refractivity contribution in [1.82, 2.24) is 5.32 Å². The molecule has 3 rings (SSSR count). The van der Waals surface area contributed by atoms with E-state index in [0.29, 0.717) is 31.9 Å². The number of rotatable bonds is 11. The van der Waals surface area contributed by atoms with Crippen molar-refractivity contribution in [3.8, 4) is 17.2 Å². The second-order valence-corrected chi connectivity index (χ2v) is 11.6. The lowest BCUT2D eigenvalue weighted by molar-refractivity contribution is -0.136. The van der Waals surface area contributed by atoms with Crippen molar-refractivity contribution in [3.63, 3.8) is 0 Å². The van der Waals surface area contributed by atoms with E-state index in [2.05, 4.69) is 102 Å². The lowest BCUT2D eigenvalue weighted by Crippen LogP contribution is -2.27. The van der Waals surface area contributed by atoms with Gasteiger partial charge >= 0.3 is 5.97 Å². The second kappa shape index (κ2) is 12.9. The summed E-state index contributed by atoms with van der Waals surface area (Å²) in [6, 6.07) is 16.0. The van der Waals surface area contributed by atoms with Crippen molar-refractivity contribution in [2.75, 3.05) is 13.7 Å². The average molecular weight is 633 g/mol. The summed E-state index contributed by atoms with van der Waals surface area (Å²) >= 11 is 7.20. The number of carboxylic acid groups (broad SMARTS) is 1. The normalized spacial score (nSPS) is 12.2. The van der Waals surface area contributed by atoms with E-state index in [0.717, 1.165) is 23.4 Å². The molecule has 1 atom stereocenters. The molecular formula is C30H35Br2NO4. The fourth-order valence-corrected chi connectivity index (χ4v) is 5.72. The highest BCUT2D eigenvalue weighted by Gasteiger charge is 2.25. The molecule has 1 unspecified atom stereocenters. The molecule has 7 heteroatoms. The average Bonchev–Trinajstić information content (AvgIpc) is 2.82. The van der Waals surface area contributed by atoms with Gasteiger partial charge in [0.1, 0.15) is 11.5 Å². The van der Waals surface area contributed by atoms with Gasteiger partial charge < -0.3 is 19.9 Å². The molecule has 2 N–H and O–H groups in total. The van der Waals surface area contributed by atoms with E-state index in [1.165, 1.54) is 11.1 Å². The monoisotopic (exact) mass is 631 g/mol. The summed E-state index contributed by atoms with van der Waals surface area (Å²) in [6.07, 6.45) is -0.0722. The fraction of sp³-hybridized carbons (Fsp3) is 0.367. The summed E-state index contributed by atoms with van der Waals surface area (Å²) in [6.45, 7) is 11.6. The summed E-state index contributed by atoms with van der Waals surface area (Å²) in [5.41, 5.74) is 5.03. The lowest BCUT2D eigenvalue weighted by Gasteiger charge is -2.27. The van der Waals surface area contributed by atoms with E-state index in [1.807, 2.05) is 6.07 Å². The van der Waals surface area contributed by atoms with Crippen LogP contribution in [0, 0.1) is 12.8 Å². The Hall–Kier alpha value is -2.35. The molecule has 37 heavy (non-hydrogen) atoms. The Bertz CT molecular complexity index is 1230. The summed E-state index contributed by atoms with van der Waals surface area (Å²) in [7, 11) is 1.70. The van der Waals surface area contributed by atoms with Gasteiger partial charge in [0.05, 0.1) is 28.5 Å². The van der Waals surface area contributed by atoms with Crippen LogP contribution in [0.15, 0.2) is 57.5 Å². The number of halogens is 2. The van der Waals surface area contributed by atoms with Gasteiger partial charge in [-0.15, -0.1) is 0 Å². The van der Waals surface area contributed by atoms with Crippen LogP contribution in [0.25, 0.3) is 0 Å². The first-order valence-electron chi connectivity index (χ1n) is 12.4. The zero-order valence-electron chi connectivity index (χ0n) is 22.2. The topological polar surface area (TPSA) is 67.8 Å². The minimum absolute atomic E-state index is 0.0722. The van der Waals surface area contributed by atoms with E-state index in [9.17, 15) is 9.90 Å². The molecule has 3 aromatic rings. The molecule has 0 saturated heterocycles. The summed E-state index contributed by atoms with van der Waals surface area (Å²) in [4.78, 5) is 11.2. The number of aryl methyl sites for hydroxylation is 1. The Morgan fingerprint density at radius 3 is 2.11 bits per heavy atom. The van der Waals surface area contributed by atoms with Gasteiger partial charge in [-0.2, -0.15) is 0 Å². The maximum atomic E-state index is 11.2. The number of nitrogens with one attached hydrogen (secondary N) is 1. The smallest absolute Gasteiger partial charge is 0.307 e. The number of carboxylic acids is 1. The molecule has 0 aliphatic heterocycles. The van der Waals surface area contributed by atoms with Gasteiger partial charge in [0.2, 0.25) is 0 Å². The van der Waals surface area contributed by atoms with Crippen LogP contribution in [0.3, 0.4) is 0 Å². The number of carbonyl (C=O) groups is 1. The van der Waals surface area contributed by atoms with Crippen molar-refractivity contribution in [1.29, 1.82) is 0 Å². The van der Waals surface area contributed by atoms with Gasteiger partial charge in [-0.25, -0.2) is 0 Å². The molecule has 0 bridgehead atoms. The number of hydrogen-bond donors (Lipinski definition) is 2. The lowest BCUT2D eigenvalue weighted by atomic mass is 9.91. The molecule has 3 aromatic carbocycles. The van der Waals surface area contributed by atoms with Crippen LogP contribution in [0.4, 0.5) is 0 Å². The maximum absolute atomic E-state index is 11.2. The van der Waals surface area contributed by atoms with Crippen LogP contribution >= 0.6 is 31.9 Å². The molecule has 0 aliphatic carbocycles. The second-order valence-electron chi connectivity index (χ2n) is 9.94. The number of hydrogen-bond acceptors (Lipinski definition) is 4. The van der Waals surface area contributed by atoms with Gasteiger partial charge in [-0.1, -0.05) is 52.0 Å². The first-order chi connectivity index (χ1) is 17.5. The van der Waals surface area contributed by atoms with Gasteiger partial charge in [0.25, 0.3) is 0 Å². The van der Waals surface area contributed by atoms with Crippen LogP contribution < -0.4 is 14.8 Å². The van der Waals surface area contributed by atoms with Crippen molar-refractivity contribution in [2.24, 2.45) is 5.92 Å². The van der Waals surface area contributed by atoms with Crippen molar-refractivity contribution >= 4 is 37.8 Å². The van der Waals surface area contributed by atoms with Crippen LogP contribution in [0.5, 0.6) is 17.2 Å². The molecule has 198 valence electrons. The van der Waals surface area contributed by atoms with Gasteiger partial charge in [0, 0.05) is 11.1 Å². The van der Waals surface area contributed by atoms with Gasteiger partial charge in [0.15, 0.2) is 5.75 Å². The summed E-state index contributed by atoms with van der Waals surface area (Å²) in [5.74, 6) is 1.90. The third-order valence-corrected chi connectivity index (χ3v) is 7.33. The molecule has 0 saturated carbocycles. The molecule has 0 amide bonds. The van der Waals surface area contributed by atoms with Crippen LogP contribution in [0.1, 0.15) is 67.5 Å². The Morgan fingerprint density at radius 2 is 1.57 bits per heavy atom. The number of ether oxygens (including phenoxy) is 2. The van der Waals surface area contributed by atoms with Crippen LogP contribution in [-0.4, -0.2) is 24.7 Å². The molecular weight excluding hydrogens is 598 g/mol. The molecule has 0 aliphatic rings. The highest BCUT2D eigenvalue weighted by molar-refractivity contribution is 9.11. The molecule has 0 heterocycles. The van der Waals surface area contributed by atoms with Crippen molar-refractivity contribution in [2.45, 2.75) is 53.0 Å². The minimum Gasteiger partial charge on any atom is -0.496 e. The Labute approximate surface area is 236 Å². The third-order valence-electron chi connectivity index (χ3n) is 6.15. The quantitative estimate of drug-likeness (QED) is 0.222. The van der Waals surface area contributed by atoms with Gasteiger partial charge in [-0.3, -0.25) is 4.79 Å². The highest BCUT2D eigenvalue weighted by atomic mass is 79.9. The fourth-order valence-electron chi connectivity index (χ4n) is 4.28. The Kier molecular flexibility index (Phi) is 10.2. The van der Waals surface area contributed by atoms with Crippen LogP contribution in [0.2, 0.25) is 0 Å². The molecule has 0 spiro atoms. The summed E-state index contributed by atoms with van der Waals surface area (Å²) < 4.78 is 13.8. The zero-order valence-corrected chi connectivity index (χ0v) is 25.4. The summed E-state index contributed by atoms with van der Waals surface area (Å²) in [5, 5.41) is 13.0. The highest BCUT2D eigenvalue weighted by Crippen LogP contribution is 2.44.